The molecule has 0 heterocycles. The van der Waals surface area contributed by atoms with Gasteiger partial charge < -0.3 is 15.4 Å². The van der Waals surface area contributed by atoms with Crippen LogP contribution >= 0.6 is 0 Å². The molecule has 0 fully saturated rings. The van der Waals surface area contributed by atoms with Crippen LogP contribution in [0.15, 0.2) is 24.3 Å². The van der Waals surface area contributed by atoms with E-state index in [9.17, 15) is 14.4 Å². The largest absolute Gasteiger partial charge is 0.462 e. The van der Waals surface area contributed by atoms with Gasteiger partial charge in [0, 0.05) is 12.2 Å². The SMILES string of the molecule is CCCCCNC(=O)C(=O)Nc1ccc(C(=O)OCC)cc1. The lowest BCUT2D eigenvalue weighted by molar-refractivity contribution is -0.136. The first-order valence-electron chi connectivity index (χ1n) is 7.44. The Bertz CT molecular complexity index is 511. The van der Waals surface area contributed by atoms with Crippen molar-refractivity contribution < 1.29 is 19.1 Å². The molecule has 0 aliphatic carbocycles. The molecule has 0 spiro atoms. The third kappa shape index (κ3) is 5.95. The van der Waals surface area contributed by atoms with Crippen LogP contribution in [-0.4, -0.2) is 30.9 Å². The molecule has 0 unspecified atom stereocenters. The van der Waals surface area contributed by atoms with E-state index in [4.69, 9.17) is 4.74 Å². The Balaban J connectivity index is 2.47. The summed E-state index contributed by atoms with van der Waals surface area (Å²) in [5.41, 5.74) is 0.839. The van der Waals surface area contributed by atoms with Gasteiger partial charge in [-0.25, -0.2) is 4.79 Å². The first kappa shape index (κ1) is 17.7. The molecule has 0 aliphatic heterocycles. The molecule has 0 atom stereocenters. The Morgan fingerprint density at radius 1 is 1.00 bits per heavy atom. The fourth-order valence-corrected chi connectivity index (χ4v) is 1.75. The Labute approximate surface area is 130 Å². The zero-order valence-corrected chi connectivity index (χ0v) is 13.0. The average molecular weight is 306 g/mol. The minimum absolute atomic E-state index is 0.301. The van der Waals surface area contributed by atoms with Crippen LogP contribution in [0, 0.1) is 0 Å². The molecule has 2 N–H and O–H groups in total. The molecule has 0 saturated heterocycles. The third-order valence-corrected chi connectivity index (χ3v) is 2.93. The van der Waals surface area contributed by atoms with E-state index in [1.165, 1.54) is 12.1 Å². The lowest BCUT2D eigenvalue weighted by atomic mass is 10.2. The molecular weight excluding hydrogens is 284 g/mol. The van der Waals surface area contributed by atoms with E-state index in [2.05, 4.69) is 17.6 Å². The van der Waals surface area contributed by atoms with Crippen molar-refractivity contribution in [1.82, 2.24) is 5.32 Å². The van der Waals surface area contributed by atoms with Crippen molar-refractivity contribution in [2.24, 2.45) is 0 Å². The maximum atomic E-state index is 11.7. The fourth-order valence-electron chi connectivity index (χ4n) is 1.75. The van der Waals surface area contributed by atoms with Gasteiger partial charge in [0.15, 0.2) is 0 Å². The number of amides is 2. The highest BCUT2D eigenvalue weighted by Crippen LogP contribution is 2.10. The van der Waals surface area contributed by atoms with Crippen molar-refractivity contribution >= 4 is 23.5 Å². The van der Waals surface area contributed by atoms with Gasteiger partial charge in [-0.2, -0.15) is 0 Å². The lowest BCUT2D eigenvalue weighted by Gasteiger charge is -2.07. The molecule has 1 aromatic carbocycles. The molecule has 2 amide bonds. The summed E-state index contributed by atoms with van der Waals surface area (Å²) in [6.07, 6.45) is 2.91. The van der Waals surface area contributed by atoms with E-state index < -0.39 is 17.8 Å². The van der Waals surface area contributed by atoms with Crippen LogP contribution in [0.3, 0.4) is 0 Å². The number of rotatable bonds is 7. The van der Waals surface area contributed by atoms with Crippen LogP contribution in [0.25, 0.3) is 0 Å². The van der Waals surface area contributed by atoms with E-state index in [1.54, 1.807) is 19.1 Å². The van der Waals surface area contributed by atoms with Gasteiger partial charge >= 0.3 is 17.8 Å². The molecule has 0 aliphatic rings. The van der Waals surface area contributed by atoms with Crippen LogP contribution < -0.4 is 10.6 Å². The van der Waals surface area contributed by atoms with Gasteiger partial charge in [0.2, 0.25) is 0 Å². The Morgan fingerprint density at radius 3 is 2.27 bits per heavy atom. The van der Waals surface area contributed by atoms with Gasteiger partial charge in [-0.1, -0.05) is 19.8 Å². The van der Waals surface area contributed by atoms with Gasteiger partial charge in [0.05, 0.1) is 12.2 Å². The maximum absolute atomic E-state index is 11.7. The van der Waals surface area contributed by atoms with E-state index >= 15 is 0 Å². The summed E-state index contributed by atoms with van der Waals surface area (Å²) in [7, 11) is 0. The van der Waals surface area contributed by atoms with Gasteiger partial charge in [-0.15, -0.1) is 0 Å². The summed E-state index contributed by atoms with van der Waals surface area (Å²) in [4.78, 5) is 34.7. The van der Waals surface area contributed by atoms with Gasteiger partial charge in [-0.3, -0.25) is 9.59 Å². The van der Waals surface area contributed by atoms with Crippen molar-refractivity contribution in [2.45, 2.75) is 33.1 Å². The molecule has 22 heavy (non-hydrogen) atoms. The molecular formula is C16H22N2O4. The number of hydrogen-bond acceptors (Lipinski definition) is 4. The molecule has 1 rings (SSSR count). The predicted octanol–water partition coefficient (Wildman–Crippen LogP) is 2.11. The highest BCUT2D eigenvalue weighted by atomic mass is 16.5. The highest BCUT2D eigenvalue weighted by Gasteiger charge is 2.13. The van der Waals surface area contributed by atoms with Gasteiger partial charge in [-0.05, 0) is 37.6 Å². The topological polar surface area (TPSA) is 84.5 Å². The first-order chi connectivity index (χ1) is 10.6. The zero-order valence-electron chi connectivity index (χ0n) is 13.0. The summed E-state index contributed by atoms with van der Waals surface area (Å²) in [5.74, 6) is -1.81. The molecule has 120 valence electrons. The highest BCUT2D eigenvalue weighted by molar-refractivity contribution is 6.39. The van der Waals surface area contributed by atoms with E-state index in [0.29, 0.717) is 24.4 Å². The number of benzene rings is 1. The predicted molar refractivity (Wildman–Crippen MR) is 83.6 cm³/mol. The first-order valence-corrected chi connectivity index (χ1v) is 7.44. The maximum Gasteiger partial charge on any atom is 0.338 e. The second kappa shape index (κ2) is 9.55. The quantitative estimate of drug-likeness (QED) is 0.459. The Hall–Kier alpha value is -2.37. The number of carbonyl (C=O) groups excluding carboxylic acids is 3. The standard InChI is InChI=1S/C16H22N2O4/c1-3-5-6-11-17-14(19)15(20)18-13-9-7-12(8-10-13)16(21)22-4-2/h7-10H,3-6,11H2,1-2H3,(H,17,19)(H,18,20). The molecule has 0 saturated carbocycles. The minimum Gasteiger partial charge on any atom is -0.462 e. The van der Waals surface area contributed by atoms with Crippen molar-refractivity contribution in [3.63, 3.8) is 0 Å². The monoisotopic (exact) mass is 306 g/mol. The van der Waals surface area contributed by atoms with Crippen molar-refractivity contribution in [2.75, 3.05) is 18.5 Å². The number of carbonyl (C=O) groups is 3. The number of unbranched alkanes of at least 4 members (excludes halogenated alkanes) is 2. The normalized spacial score (nSPS) is 9.91. The minimum atomic E-state index is -0.722. The average Bonchev–Trinajstić information content (AvgIpc) is 2.52. The second-order valence-electron chi connectivity index (χ2n) is 4.71. The summed E-state index contributed by atoms with van der Waals surface area (Å²) in [6, 6.07) is 6.17. The number of nitrogens with one attached hydrogen (secondary N) is 2. The molecule has 1 aromatic rings. The molecule has 6 heteroatoms. The molecule has 0 aromatic heterocycles. The molecule has 6 nitrogen and oxygen atoms in total. The smallest absolute Gasteiger partial charge is 0.338 e. The summed E-state index contributed by atoms with van der Waals surface area (Å²) in [6.45, 7) is 4.58. The summed E-state index contributed by atoms with van der Waals surface area (Å²) < 4.78 is 4.86. The lowest BCUT2D eigenvalue weighted by Crippen LogP contribution is -2.35. The summed E-state index contributed by atoms with van der Waals surface area (Å²) in [5, 5.41) is 5.04. The van der Waals surface area contributed by atoms with Crippen LogP contribution in [0.5, 0.6) is 0 Å². The summed E-state index contributed by atoms with van der Waals surface area (Å²) >= 11 is 0. The van der Waals surface area contributed by atoms with Crippen LogP contribution in [0.2, 0.25) is 0 Å². The van der Waals surface area contributed by atoms with Crippen LogP contribution in [0.1, 0.15) is 43.5 Å². The number of hydrogen-bond donors (Lipinski definition) is 2. The number of anilines is 1. The third-order valence-electron chi connectivity index (χ3n) is 2.93. The van der Waals surface area contributed by atoms with Crippen molar-refractivity contribution in [1.29, 1.82) is 0 Å². The fraction of sp³-hybridized carbons (Fsp3) is 0.438. The van der Waals surface area contributed by atoms with Gasteiger partial charge in [0.25, 0.3) is 0 Å². The Kier molecular flexibility index (Phi) is 7.67. The second-order valence-corrected chi connectivity index (χ2v) is 4.71. The zero-order chi connectivity index (χ0) is 16.4. The van der Waals surface area contributed by atoms with Crippen LogP contribution in [0.4, 0.5) is 5.69 Å². The van der Waals surface area contributed by atoms with E-state index in [0.717, 1.165) is 19.3 Å². The van der Waals surface area contributed by atoms with E-state index in [1.807, 2.05) is 0 Å². The number of esters is 1. The van der Waals surface area contributed by atoms with Crippen LogP contribution in [-0.2, 0) is 14.3 Å². The molecule has 0 bridgehead atoms. The van der Waals surface area contributed by atoms with Gasteiger partial charge in [0.1, 0.15) is 0 Å². The Morgan fingerprint density at radius 2 is 1.68 bits per heavy atom. The van der Waals surface area contributed by atoms with E-state index in [-0.39, 0.29) is 0 Å². The van der Waals surface area contributed by atoms with Crippen molar-refractivity contribution in [3.05, 3.63) is 29.8 Å². The number of ether oxygens (including phenoxy) is 1. The molecule has 0 radical (unpaired) electrons. The van der Waals surface area contributed by atoms with Crippen molar-refractivity contribution in [3.8, 4) is 0 Å².